The van der Waals surface area contributed by atoms with Gasteiger partial charge in [-0.05, 0) is 30.3 Å². The van der Waals surface area contributed by atoms with Crippen LogP contribution in [-0.2, 0) is 27.3 Å². The van der Waals surface area contributed by atoms with E-state index < -0.39 is 23.4 Å². The minimum atomic E-state index is -4.50. The number of benzene rings is 2. The van der Waals surface area contributed by atoms with Crippen molar-refractivity contribution in [3.05, 3.63) is 66.4 Å². The monoisotopic (exact) mass is 411 g/mol. The van der Waals surface area contributed by atoms with Crippen LogP contribution < -0.4 is 5.73 Å². The summed E-state index contributed by atoms with van der Waals surface area (Å²) >= 11 is -0.750. The van der Waals surface area contributed by atoms with Gasteiger partial charge in [-0.2, -0.15) is 36.3 Å². The normalized spacial score (nSPS) is 9.82. The molecule has 146 valence electrons. The summed E-state index contributed by atoms with van der Waals surface area (Å²) in [7, 11) is 0. The van der Waals surface area contributed by atoms with Crippen molar-refractivity contribution in [1.82, 2.24) is 9.78 Å². The van der Waals surface area contributed by atoms with Crippen LogP contribution in [0.1, 0.15) is 5.69 Å². The molecule has 0 saturated heterocycles. The maximum Gasteiger partial charge on any atom is 0.435 e. The standard InChI is InChI=1S/C16H12F3N3.CO2.O2S/c17-16(18,19)15-10-14(11-4-2-1-3-5-11)22(21-15)13-8-6-12(20)7-9-13;2-1-3;1-3-2/h1-10H,20H2;;. The van der Waals surface area contributed by atoms with E-state index in [1.165, 1.54) is 4.68 Å². The lowest BCUT2D eigenvalue weighted by atomic mass is 10.1. The second kappa shape index (κ2) is 10.6. The van der Waals surface area contributed by atoms with Crippen LogP contribution in [0.3, 0.4) is 0 Å². The molecule has 0 aliphatic heterocycles. The zero-order chi connectivity index (χ0) is 21.2. The first-order chi connectivity index (χ1) is 13.3. The molecule has 2 N–H and O–H groups in total. The van der Waals surface area contributed by atoms with Crippen LogP contribution in [0.4, 0.5) is 18.9 Å². The fourth-order valence-electron chi connectivity index (χ4n) is 2.15. The van der Waals surface area contributed by atoms with Gasteiger partial charge in [-0.25, -0.2) is 4.68 Å². The Hall–Kier alpha value is -3.56. The average Bonchev–Trinajstić information content (AvgIpc) is 3.10. The molecule has 2 aromatic carbocycles. The van der Waals surface area contributed by atoms with Gasteiger partial charge >= 0.3 is 23.9 Å². The van der Waals surface area contributed by atoms with Gasteiger partial charge < -0.3 is 5.73 Å². The molecule has 1 aromatic heterocycles. The van der Waals surface area contributed by atoms with Gasteiger partial charge in [0.2, 0.25) is 0 Å². The van der Waals surface area contributed by atoms with Crippen molar-refractivity contribution in [2.45, 2.75) is 6.18 Å². The summed E-state index contributed by atoms with van der Waals surface area (Å²) in [6.07, 6.45) is -4.25. The summed E-state index contributed by atoms with van der Waals surface area (Å²) in [5.74, 6) is 0. The molecule has 0 spiro atoms. The van der Waals surface area contributed by atoms with E-state index in [1.54, 1.807) is 54.6 Å². The Morgan fingerprint density at radius 2 is 1.46 bits per heavy atom. The molecule has 0 fully saturated rings. The molecule has 3 rings (SSSR count). The van der Waals surface area contributed by atoms with Crippen molar-refractivity contribution >= 4 is 23.4 Å². The maximum absolute atomic E-state index is 13.0. The highest BCUT2D eigenvalue weighted by atomic mass is 32.1. The quantitative estimate of drug-likeness (QED) is 0.649. The summed E-state index contributed by atoms with van der Waals surface area (Å²) in [5.41, 5.74) is 6.77. The van der Waals surface area contributed by atoms with E-state index in [4.69, 9.17) is 23.7 Å². The van der Waals surface area contributed by atoms with E-state index in [0.29, 0.717) is 22.6 Å². The number of nitrogens with two attached hydrogens (primary N) is 1. The van der Waals surface area contributed by atoms with Crippen molar-refractivity contribution in [2.24, 2.45) is 0 Å². The van der Waals surface area contributed by atoms with Crippen LogP contribution >= 0.6 is 0 Å². The van der Waals surface area contributed by atoms with E-state index in [1.807, 2.05) is 0 Å². The Morgan fingerprint density at radius 1 is 0.964 bits per heavy atom. The third-order valence-electron chi connectivity index (χ3n) is 3.21. The summed E-state index contributed by atoms with van der Waals surface area (Å²) < 4.78 is 56.8. The Bertz CT molecular complexity index is 950. The average molecular weight is 411 g/mol. The second-order valence-corrected chi connectivity index (χ2v) is 5.07. The molecular weight excluding hydrogens is 399 g/mol. The highest BCUT2D eigenvalue weighted by Crippen LogP contribution is 2.33. The van der Waals surface area contributed by atoms with Gasteiger partial charge in [0, 0.05) is 11.3 Å². The van der Waals surface area contributed by atoms with Crippen molar-refractivity contribution in [2.75, 3.05) is 5.73 Å². The van der Waals surface area contributed by atoms with Crippen molar-refractivity contribution in [3.63, 3.8) is 0 Å². The summed E-state index contributed by atoms with van der Waals surface area (Å²) in [6.45, 7) is 0. The van der Waals surface area contributed by atoms with E-state index in [-0.39, 0.29) is 6.15 Å². The molecule has 0 saturated carbocycles. The number of rotatable bonds is 2. The smallest absolute Gasteiger partial charge is 0.399 e. The number of nitrogens with zero attached hydrogens (tertiary/aromatic N) is 2. The van der Waals surface area contributed by atoms with Gasteiger partial charge in [0.25, 0.3) is 0 Å². The molecule has 0 bridgehead atoms. The Balaban J connectivity index is 0.000000582. The van der Waals surface area contributed by atoms with Gasteiger partial charge in [0.05, 0.1) is 11.4 Å². The number of hydrogen-bond acceptors (Lipinski definition) is 6. The predicted octanol–water partition coefficient (Wildman–Crippen LogP) is 2.89. The molecular formula is C17H12F3N3O4S. The van der Waals surface area contributed by atoms with E-state index in [0.717, 1.165) is 6.07 Å². The minimum Gasteiger partial charge on any atom is -0.399 e. The Kier molecular flexibility index (Phi) is 8.47. The molecule has 3 aromatic rings. The molecule has 28 heavy (non-hydrogen) atoms. The third kappa shape index (κ3) is 6.31. The minimum absolute atomic E-state index is 0.250. The summed E-state index contributed by atoms with van der Waals surface area (Å²) in [6, 6.07) is 16.4. The number of alkyl halides is 3. The molecule has 0 aliphatic rings. The molecule has 0 amide bonds. The lowest BCUT2D eigenvalue weighted by molar-refractivity contribution is -0.191. The van der Waals surface area contributed by atoms with Gasteiger partial charge in [-0.3, -0.25) is 0 Å². The van der Waals surface area contributed by atoms with Gasteiger partial charge in [0.15, 0.2) is 5.69 Å². The van der Waals surface area contributed by atoms with Crippen LogP contribution in [0.25, 0.3) is 16.9 Å². The van der Waals surface area contributed by atoms with E-state index in [9.17, 15) is 13.2 Å². The van der Waals surface area contributed by atoms with Gasteiger partial charge in [-0.15, -0.1) is 0 Å². The van der Waals surface area contributed by atoms with Crippen LogP contribution in [0.2, 0.25) is 0 Å². The maximum atomic E-state index is 13.0. The molecule has 11 heteroatoms. The van der Waals surface area contributed by atoms with Crippen LogP contribution in [-0.4, -0.2) is 24.3 Å². The van der Waals surface area contributed by atoms with E-state index in [2.05, 4.69) is 5.10 Å². The zero-order valence-corrected chi connectivity index (χ0v) is 14.7. The molecule has 0 atom stereocenters. The Morgan fingerprint density at radius 3 is 1.93 bits per heavy atom. The molecule has 1 heterocycles. The number of hydrogen-bond donors (Lipinski definition) is 1. The number of halogens is 3. The van der Waals surface area contributed by atoms with Gasteiger partial charge in [-0.1, -0.05) is 30.3 Å². The van der Waals surface area contributed by atoms with Gasteiger partial charge in [0.1, 0.15) is 0 Å². The van der Waals surface area contributed by atoms with Crippen molar-refractivity contribution in [1.29, 1.82) is 0 Å². The zero-order valence-electron chi connectivity index (χ0n) is 13.9. The van der Waals surface area contributed by atoms with E-state index >= 15 is 0 Å². The van der Waals surface area contributed by atoms with Crippen LogP contribution in [0, 0.1) is 0 Å². The molecule has 0 aliphatic carbocycles. The fourth-order valence-corrected chi connectivity index (χ4v) is 2.15. The number of anilines is 1. The highest BCUT2D eigenvalue weighted by Gasteiger charge is 2.35. The first-order valence-corrected chi connectivity index (χ1v) is 7.94. The predicted molar refractivity (Wildman–Crippen MR) is 92.3 cm³/mol. The van der Waals surface area contributed by atoms with Crippen LogP contribution in [0.5, 0.6) is 0 Å². The summed E-state index contributed by atoms with van der Waals surface area (Å²) in [5, 5.41) is 3.71. The first-order valence-electron chi connectivity index (χ1n) is 7.28. The molecule has 0 unspecified atom stereocenters. The first kappa shape index (κ1) is 22.5. The van der Waals surface area contributed by atoms with Crippen LogP contribution in [0.15, 0.2) is 60.7 Å². The number of nitrogen functional groups attached to an aromatic ring is 1. The Labute approximate surface area is 160 Å². The lowest BCUT2D eigenvalue weighted by Gasteiger charge is -2.08. The topological polar surface area (TPSA) is 112 Å². The SMILES string of the molecule is Nc1ccc(-n2nc(C(F)(F)F)cc2-c2ccccc2)cc1.O=C=O.O=S=O. The highest BCUT2D eigenvalue weighted by molar-refractivity contribution is 7.51. The molecule has 0 radical (unpaired) electrons. The number of aromatic nitrogens is 2. The number of carbonyl (C=O) groups excluding carboxylic acids is 2. The van der Waals surface area contributed by atoms with Crippen molar-refractivity contribution in [3.8, 4) is 16.9 Å². The second-order valence-electron chi connectivity index (χ2n) is 4.93. The largest absolute Gasteiger partial charge is 0.435 e. The fraction of sp³-hybridized carbons (Fsp3) is 0.0588. The lowest BCUT2D eigenvalue weighted by Crippen LogP contribution is -2.07. The molecule has 7 nitrogen and oxygen atoms in total. The van der Waals surface area contributed by atoms with Crippen molar-refractivity contribution < 1.29 is 31.2 Å². The third-order valence-corrected chi connectivity index (χ3v) is 3.21. The summed E-state index contributed by atoms with van der Waals surface area (Å²) in [4.78, 5) is 16.2.